The number of aryl methyl sites for hydroxylation is 1. The average molecular weight is 465 g/mol. The van der Waals surface area contributed by atoms with Crippen LogP contribution in [0.25, 0.3) is 0 Å². The predicted molar refractivity (Wildman–Crippen MR) is 132 cm³/mol. The summed E-state index contributed by atoms with van der Waals surface area (Å²) in [5.74, 6) is 0.688. The molecule has 2 heterocycles. The Hall–Kier alpha value is -2.70. The monoisotopic (exact) mass is 464 g/mol. The first-order chi connectivity index (χ1) is 16.6. The van der Waals surface area contributed by atoms with E-state index in [1.807, 2.05) is 25.1 Å². The fraction of sp³-hybridized carbons (Fsp3) is 0.500. The maximum absolute atomic E-state index is 13.0. The highest BCUT2D eigenvalue weighted by molar-refractivity contribution is 6.01. The Kier molecular flexibility index (Phi) is 8.35. The summed E-state index contributed by atoms with van der Waals surface area (Å²) in [5.41, 5.74) is 3.97. The summed E-state index contributed by atoms with van der Waals surface area (Å²) in [6.45, 7) is 9.37. The van der Waals surface area contributed by atoms with Crippen LogP contribution in [0.1, 0.15) is 60.2 Å². The van der Waals surface area contributed by atoms with Gasteiger partial charge in [-0.1, -0.05) is 43.7 Å². The molecule has 0 spiro atoms. The molecule has 0 aliphatic carbocycles. The van der Waals surface area contributed by atoms with Crippen LogP contribution in [0.3, 0.4) is 0 Å². The van der Waals surface area contributed by atoms with Crippen molar-refractivity contribution in [1.82, 2.24) is 9.80 Å². The number of morpholine rings is 1. The van der Waals surface area contributed by atoms with E-state index in [-0.39, 0.29) is 17.7 Å². The van der Waals surface area contributed by atoms with Crippen molar-refractivity contribution in [3.05, 3.63) is 64.7 Å². The molecule has 4 rings (SSSR count). The summed E-state index contributed by atoms with van der Waals surface area (Å²) in [6.07, 6.45) is 3.76. The van der Waals surface area contributed by atoms with Crippen LogP contribution in [0.5, 0.6) is 5.75 Å². The van der Waals surface area contributed by atoms with Gasteiger partial charge in [0.05, 0.1) is 25.8 Å². The summed E-state index contributed by atoms with van der Waals surface area (Å²) in [5, 5.41) is 0. The molecule has 182 valence electrons. The van der Waals surface area contributed by atoms with Gasteiger partial charge in [-0.05, 0) is 56.0 Å². The third-order valence-corrected chi connectivity index (χ3v) is 6.82. The number of hydrogen-bond donors (Lipinski definition) is 0. The molecule has 6 nitrogen and oxygen atoms in total. The molecule has 0 saturated carbocycles. The lowest BCUT2D eigenvalue weighted by molar-refractivity contribution is -0.121. The molecule has 2 aromatic rings. The van der Waals surface area contributed by atoms with Crippen LogP contribution in [0.15, 0.2) is 42.5 Å². The van der Waals surface area contributed by atoms with Gasteiger partial charge in [0, 0.05) is 24.2 Å². The van der Waals surface area contributed by atoms with Crippen molar-refractivity contribution >= 4 is 11.7 Å². The van der Waals surface area contributed by atoms with Crippen molar-refractivity contribution in [1.29, 1.82) is 0 Å². The molecular weight excluding hydrogens is 428 g/mol. The van der Waals surface area contributed by atoms with Crippen LogP contribution in [-0.2, 0) is 29.1 Å². The number of fused-ring (bicyclic) bond motifs is 1. The van der Waals surface area contributed by atoms with Crippen LogP contribution in [0.4, 0.5) is 0 Å². The smallest absolute Gasteiger partial charge is 0.255 e. The molecular formula is C28H36N2O4. The molecule has 0 radical (unpaired) electrons. The van der Waals surface area contributed by atoms with E-state index in [0.717, 1.165) is 69.0 Å². The number of ketones is 1. The molecule has 1 amide bonds. The van der Waals surface area contributed by atoms with E-state index in [2.05, 4.69) is 29.2 Å². The number of benzene rings is 2. The molecule has 2 aliphatic heterocycles. The minimum Gasteiger partial charge on any atom is -0.489 e. The number of amides is 1. The van der Waals surface area contributed by atoms with Gasteiger partial charge in [-0.15, -0.1) is 0 Å². The summed E-state index contributed by atoms with van der Waals surface area (Å²) < 4.78 is 11.6. The van der Waals surface area contributed by atoms with Crippen molar-refractivity contribution in [2.75, 3.05) is 32.8 Å². The van der Waals surface area contributed by atoms with Gasteiger partial charge < -0.3 is 14.4 Å². The lowest BCUT2D eigenvalue weighted by atomic mass is 10.1. The van der Waals surface area contributed by atoms with Crippen LogP contribution in [0.2, 0.25) is 0 Å². The fourth-order valence-electron chi connectivity index (χ4n) is 4.86. The third-order valence-electron chi connectivity index (χ3n) is 6.82. The van der Waals surface area contributed by atoms with Crippen LogP contribution < -0.4 is 4.74 Å². The quantitative estimate of drug-likeness (QED) is 0.498. The van der Waals surface area contributed by atoms with E-state index < -0.39 is 0 Å². The topological polar surface area (TPSA) is 59.1 Å². The Bertz CT molecular complexity index is 982. The van der Waals surface area contributed by atoms with Crippen molar-refractivity contribution in [2.24, 2.45) is 0 Å². The number of carbonyl (C=O) groups is 2. The number of nitrogens with zero attached hydrogens (tertiary/aromatic N) is 2. The second-order valence-electron chi connectivity index (χ2n) is 9.29. The highest BCUT2D eigenvalue weighted by atomic mass is 16.5. The van der Waals surface area contributed by atoms with Gasteiger partial charge >= 0.3 is 0 Å². The van der Waals surface area contributed by atoms with Gasteiger partial charge in [-0.25, -0.2) is 0 Å². The van der Waals surface area contributed by atoms with E-state index in [1.165, 1.54) is 5.56 Å². The lowest BCUT2D eigenvalue weighted by Crippen LogP contribution is -2.40. The molecule has 0 N–H and O–H groups in total. The highest BCUT2D eigenvalue weighted by Gasteiger charge is 2.36. The molecule has 34 heavy (non-hydrogen) atoms. The second-order valence-corrected chi connectivity index (χ2v) is 9.29. The van der Waals surface area contributed by atoms with Crippen molar-refractivity contribution < 1.29 is 19.1 Å². The largest absolute Gasteiger partial charge is 0.489 e. The standard InChI is InChI=1S/C28H36N2O4/c1-3-6-26(21(2)31)30-19-25-24(28(30)32)8-4-9-27(25)34-20-23-12-10-22(11-13-23)7-5-14-29-15-17-33-18-16-29/h4,8-13,26H,3,5-7,14-20H2,1-2H3. The molecule has 6 heteroatoms. The number of hydrogen-bond acceptors (Lipinski definition) is 5. The SMILES string of the molecule is CCCC(C(C)=O)N1Cc2c(OCc3ccc(CCCN4CCOCC4)cc3)cccc2C1=O. The Balaban J connectivity index is 1.32. The minimum absolute atomic E-state index is 0.0375. The molecule has 2 aliphatic rings. The van der Waals surface area contributed by atoms with E-state index in [0.29, 0.717) is 25.1 Å². The molecule has 1 saturated heterocycles. The molecule has 0 aromatic heterocycles. The van der Waals surface area contributed by atoms with Gasteiger partial charge in [0.1, 0.15) is 12.4 Å². The lowest BCUT2D eigenvalue weighted by Gasteiger charge is -2.26. The van der Waals surface area contributed by atoms with Gasteiger partial charge in [-0.2, -0.15) is 0 Å². The molecule has 2 aromatic carbocycles. The zero-order chi connectivity index (χ0) is 23.9. The average Bonchev–Trinajstić information content (AvgIpc) is 3.19. The Labute approximate surface area is 202 Å². The number of carbonyl (C=O) groups excluding carboxylic acids is 2. The third kappa shape index (κ3) is 5.86. The maximum atomic E-state index is 13.0. The van der Waals surface area contributed by atoms with Crippen LogP contribution in [0, 0.1) is 0 Å². The highest BCUT2D eigenvalue weighted by Crippen LogP contribution is 2.33. The van der Waals surface area contributed by atoms with Gasteiger partial charge in [0.25, 0.3) is 5.91 Å². The van der Waals surface area contributed by atoms with Crippen LogP contribution >= 0.6 is 0 Å². The summed E-state index contributed by atoms with van der Waals surface area (Å²) in [4.78, 5) is 29.3. The first-order valence-corrected chi connectivity index (χ1v) is 12.5. The zero-order valence-electron chi connectivity index (χ0n) is 20.4. The molecule has 0 bridgehead atoms. The predicted octanol–water partition coefficient (Wildman–Crippen LogP) is 4.24. The Morgan fingerprint density at radius 1 is 1.09 bits per heavy atom. The van der Waals surface area contributed by atoms with E-state index >= 15 is 0 Å². The maximum Gasteiger partial charge on any atom is 0.255 e. The molecule has 1 unspecified atom stereocenters. The Morgan fingerprint density at radius 3 is 2.53 bits per heavy atom. The summed E-state index contributed by atoms with van der Waals surface area (Å²) in [7, 11) is 0. The number of ether oxygens (including phenoxy) is 2. The van der Waals surface area contributed by atoms with Gasteiger partial charge in [-0.3, -0.25) is 14.5 Å². The van der Waals surface area contributed by atoms with Gasteiger partial charge in [0.15, 0.2) is 5.78 Å². The second kappa shape index (κ2) is 11.6. The minimum atomic E-state index is -0.367. The van der Waals surface area contributed by atoms with E-state index in [9.17, 15) is 9.59 Å². The molecule has 1 atom stereocenters. The molecule has 1 fully saturated rings. The summed E-state index contributed by atoms with van der Waals surface area (Å²) in [6, 6.07) is 13.8. The first kappa shape index (κ1) is 24.4. The first-order valence-electron chi connectivity index (χ1n) is 12.5. The number of rotatable bonds is 11. The normalized spacial score (nSPS) is 17.0. The van der Waals surface area contributed by atoms with Crippen LogP contribution in [-0.4, -0.2) is 60.4 Å². The number of Topliss-reactive ketones (excluding diaryl/α,β-unsaturated/α-hetero) is 1. The van der Waals surface area contributed by atoms with Gasteiger partial charge in [0.2, 0.25) is 0 Å². The van der Waals surface area contributed by atoms with E-state index in [1.54, 1.807) is 11.8 Å². The van der Waals surface area contributed by atoms with Crippen molar-refractivity contribution in [2.45, 2.75) is 58.7 Å². The zero-order valence-corrected chi connectivity index (χ0v) is 20.4. The summed E-state index contributed by atoms with van der Waals surface area (Å²) >= 11 is 0. The van der Waals surface area contributed by atoms with Crippen molar-refractivity contribution in [3.63, 3.8) is 0 Å². The fourth-order valence-corrected chi connectivity index (χ4v) is 4.86. The Morgan fingerprint density at radius 2 is 1.82 bits per heavy atom. The van der Waals surface area contributed by atoms with E-state index in [4.69, 9.17) is 9.47 Å². The van der Waals surface area contributed by atoms with Crippen molar-refractivity contribution in [3.8, 4) is 5.75 Å².